The van der Waals surface area contributed by atoms with E-state index in [4.69, 9.17) is 5.73 Å². The summed E-state index contributed by atoms with van der Waals surface area (Å²) in [7, 11) is 0. The molecule has 2 aliphatic carbocycles. The highest BCUT2D eigenvalue weighted by molar-refractivity contribution is 5.80. The van der Waals surface area contributed by atoms with Gasteiger partial charge in [0.15, 0.2) is 0 Å². The summed E-state index contributed by atoms with van der Waals surface area (Å²) < 4.78 is 0. The minimum absolute atomic E-state index is 0.118. The number of piperazine rings is 1. The standard InChI is InChI=1S/C18H32N4O2/c19-13-15-5-2-6-16(15)17(23)20-7-8-21-9-11-22(12-10-21)18(24)14-3-1-4-14/h14-16H,1-13,19H2,(H,20,23)/t15-,16-/m1/s1. The molecule has 6 heteroatoms. The van der Waals surface area contributed by atoms with Gasteiger partial charge >= 0.3 is 0 Å². The van der Waals surface area contributed by atoms with Crippen LogP contribution in [0.2, 0.25) is 0 Å². The molecular formula is C18H32N4O2. The van der Waals surface area contributed by atoms with E-state index in [1.54, 1.807) is 0 Å². The van der Waals surface area contributed by atoms with E-state index in [1.807, 2.05) is 4.90 Å². The number of nitrogens with one attached hydrogen (secondary N) is 1. The van der Waals surface area contributed by atoms with Gasteiger partial charge in [0, 0.05) is 51.1 Å². The van der Waals surface area contributed by atoms with Crippen molar-refractivity contribution in [3.63, 3.8) is 0 Å². The molecule has 0 spiro atoms. The van der Waals surface area contributed by atoms with E-state index in [-0.39, 0.29) is 11.8 Å². The van der Waals surface area contributed by atoms with E-state index in [0.717, 1.165) is 64.8 Å². The fraction of sp³-hybridized carbons (Fsp3) is 0.889. The van der Waals surface area contributed by atoms with Crippen molar-refractivity contribution in [3.8, 4) is 0 Å². The summed E-state index contributed by atoms with van der Waals surface area (Å²) in [5.41, 5.74) is 5.76. The zero-order valence-electron chi connectivity index (χ0n) is 14.7. The molecule has 1 heterocycles. The monoisotopic (exact) mass is 336 g/mol. The summed E-state index contributed by atoms with van der Waals surface area (Å²) >= 11 is 0. The summed E-state index contributed by atoms with van der Waals surface area (Å²) in [5.74, 6) is 1.33. The number of carbonyl (C=O) groups excluding carboxylic acids is 2. The van der Waals surface area contributed by atoms with Crippen LogP contribution >= 0.6 is 0 Å². The van der Waals surface area contributed by atoms with Crippen molar-refractivity contribution >= 4 is 11.8 Å². The van der Waals surface area contributed by atoms with Crippen LogP contribution in [-0.2, 0) is 9.59 Å². The van der Waals surface area contributed by atoms with Crippen LogP contribution in [0.1, 0.15) is 38.5 Å². The lowest BCUT2D eigenvalue weighted by Gasteiger charge is -2.38. The molecule has 3 aliphatic rings. The molecule has 0 aromatic carbocycles. The molecule has 1 aliphatic heterocycles. The van der Waals surface area contributed by atoms with Crippen LogP contribution < -0.4 is 11.1 Å². The highest BCUT2D eigenvalue weighted by Gasteiger charge is 2.32. The van der Waals surface area contributed by atoms with Gasteiger partial charge in [0.2, 0.25) is 11.8 Å². The van der Waals surface area contributed by atoms with Crippen molar-refractivity contribution in [2.75, 3.05) is 45.8 Å². The molecule has 0 aromatic heterocycles. The molecule has 24 heavy (non-hydrogen) atoms. The fourth-order valence-corrected chi connectivity index (χ4v) is 4.24. The van der Waals surface area contributed by atoms with Crippen LogP contribution in [0.3, 0.4) is 0 Å². The van der Waals surface area contributed by atoms with E-state index in [1.165, 1.54) is 6.42 Å². The lowest BCUT2D eigenvalue weighted by molar-refractivity contribution is -0.139. The summed E-state index contributed by atoms with van der Waals surface area (Å²) in [5, 5.41) is 3.09. The molecule has 2 saturated carbocycles. The number of hydrogen-bond donors (Lipinski definition) is 2. The Balaban J connectivity index is 1.32. The minimum atomic E-state index is 0.118. The molecule has 0 unspecified atom stereocenters. The molecule has 3 fully saturated rings. The number of rotatable bonds is 6. The van der Waals surface area contributed by atoms with Crippen molar-refractivity contribution in [1.82, 2.24) is 15.1 Å². The van der Waals surface area contributed by atoms with Crippen molar-refractivity contribution < 1.29 is 9.59 Å². The molecule has 0 radical (unpaired) electrons. The van der Waals surface area contributed by atoms with E-state index in [0.29, 0.717) is 30.8 Å². The number of nitrogens with zero attached hydrogens (tertiary/aromatic N) is 2. The second-order valence-electron chi connectivity index (χ2n) is 7.62. The summed E-state index contributed by atoms with van der Waals surface area (Å²) in [6.07, 6.45) is 6.56. The zero-order valence-corrected chi connectivity index (χ0v) is 14.7. The van der Waals surface area contributed by atoms with Crippen LogP contribution in [0.15, 0.2) is 0 Å². The van der Waals surface area contributed by atoms with Crippen LogP contribution in [0.25, 0.3) is 0 Å². The Morgan fingerprint density at radius 2 is 1.71 bits per heavy atom. The minimum Gasteiger partial charge on any atom is -0.355 e. The van der Waals surface area contributed by atoms with Crippen molar-refractivity contribution in [3.05, 3.63) is 0 Å². The zero-order chi connectivity index (χ0) is 16.9. The predicted molar refractivity (Wildman–Crippen MR) is 93.3 cm³/mol. The summed E-state index contributed by atoms with van der Waals surface area (Å²) in [6, 6.07) is 0. The second kappa shape index (κ2) is 8.30. The first kappa shape index (κ1) is 17.7. The first-order chi connectivity index (χ1) is 11.7. The highest BCUT2D eigenvalue weighted by Crippen LogP contribution is 2.31. The van der Waals surface area contributed by atoms with Gasteiger partial charge in [-0.25, -0.2) is 0 Å². The van der Waals surface area contributed by atoms with Gasteiger partial charge in [-0.15, -0.1) is 0 Å². The molecule has 1 saturated heterocycles. The maximum Gasteiger partial charge on any atom is 0.225 e. The Labute approximate surface area is 145 Å². The summed E-state index contributed by atoms with van der Waals surface area (Å²) in [4.78, 5) is 28.9. The van der Waals surface area contributed by atoms with Crippen LogP contribution in [0.5, 0.6) is 0 Å². The number of carbonyl (C=O) groups is 2. The topological polar surface area (TPSA) is 78.7 Å². The van der Waals surface area contributed by atoms with Gasteiger partial charge in [0.25, 0.3) is 0 Å². The Bertz CT molecular complexity index is 444. The molecule has 0 aromatic rings. The normalized spacial score (nSPS) is 28.6. The average molecular weight is 336 g/mol. The van der Waals surface area contributed by atoms with Crippen molar-refractivity contribution in [2.24, 2.45) is 23.5 Å². The molecule has 3 rings (SSSR count). The highest BCUT2D eigenvalue weighted by atomic mass is 16.2. The van der Waals surface area contributed by atoms with Crippen LogP contribution in [-0.4, -0.2) is 67.4 Å². The van der Waals surface area contributed by atoms with Gasteiger partial charge in [-0.05, 0) is 38.1 Å². The second-order valence-corrected chi connectivity index (χ2v) is 7.62. The van der Waals surface area contributed by atoms with Crippen molar-refractivity contribution in [2.45, 2.75) is 38.5 Å². The van der Waals surface area contributed by atoms with Crippen LogP contribution in [0, 0.1) is 17.8 Å². The van der Waals surface area contributed by atoms with Crippen molar-refractivity contribution in [1.29, 1.82) is 0 Å². The number of hydrogen-bond acceptors (Lipinski definition) is 4. The number of nitrogens with two attached hydrogens (primary N) is 1. The smallest absolute Gasteiger partial charge is 0.225 e. The molecule has 0 bridgehead atoms. The lowest BCUT2D eigenvalue weighted by Crippen LogP contribution is -2.52. The first-order valence-electron chi connectivity index (χ1n) is 9.68. The third kappa shape index (κ3) is 4.09. The Hall–Kier alpha value is -1.14. The molecule has 136 valence electrons. The third-order valence-electron chi connectivity index (χ3n) is 6.16. The van der Waals surface area contributed by atoms with Gasteiger partial charge in [-0.1, -0.05) is 12.8 Å². The lowest BCUT2D eigenvalue weighted by atomic mass is 9.84. The van der Waals surface area contributed by atoms with E-state index in [2.05, 4.69) is 10.2 Å². The van der Waals surface area contributed by atoms with E-state index >= 15 is 0 Å². The van der Waals surface area contributed by atoms with E-state index in [9.17, 15) is 9.59 Å². The molecule has 2 amide bonds. The fourth-order valence-electron chi connectivity index (χ4n) is 4.24. The van der Waals surface area contributed by atoms with Gasteiger partial charge in [-0.2, -0.15) is 0 Å². The predicted octanol–water partition coefficient (Wildman–Crippen LogP) is 0.422. The van der Waals surface area contributed by atoms with Gasteiger partial charge in [0.1, 0.15) is 0 Å². The quantitative estimate of drug-likeness (QED) is 0.737. The average Bonchev–Trinajstić information content (AvgIpc) is 3.02. The van der Waals surface area contributed by atoms with Gasteiger partial charge in [0.05, 0.1) is 0 Å². The number of amides is 2. The molecular weight excluding hydrogens is 304 g/mol. The Kier molecular flexibility index (Phi) is 6.11. The third-order valence-corrected chi connectivity index (χ3v) is 6.16. The Morgan fingerprint density at radius 1 is 1.00 bits per heavy atom. The molecule has 2 atom stereocenters. The Morgan fingerprint density at radius 3 is 2.33 bits per heavy atom. The maximum absolute atomic E-state index is 12.3. The summed E-state index contributed by atoms with van der Waals surface area (Å²) in [6.45, 7) is 5.70. The molecule has 6 nitrogen and oxygen atoms in total. The van der Waals surface area contributed by atoms with Gasteiger partial charge in [-0.3, -0.25) is 14.5 Å². The van der Waals surface area contributed by atoms with Crippen LogP contribution in [0.4, 0.5) is 0 Å². The molecule has 3 N–H and O–H groups in total. The van der Waals surface area contributed by atoms with Gasteiger partial charge < -0.3 is 16.0 Å². The maximum atomic E-state index is 12.3. The first-order valence-corrected chi connectivity index (χ1v) is 9.68. The largest absolute Gasteiger partial charge is 0.355 e. The SMILES string of the molecule is NC[C@H]1CCC[C@H]1C(=O)NCCN1CCN(C(=O)C2CCC2)CC1. The van der Waals surface area contributed by atoms with E-state index < -0.39 is 0 Å².